The third kappa shape index (κ3) is 1.50. The van der Waals surface area contributed by atoms with Gasteiger partial charge in [-0.25, -0.2) is 0 Å². The predicted molar refractivity (Wildman–Crippen MR) is 55.6 cm³/mol. The number of terminal acetylenes is 1. The lowest BCUT2D eigenvalue weighted by molar-refractivity contribution is 1.39. The second-order valence-corrected chi connectivity index (χ2v) is 2.84. The molecule has 0 aliphatic rings. The van der Waals surface area contributed by atoms with Crippen LogP contribution in [-0.2, 0) is 0 Å². The molecule has 1 aromatic carbocycles. The Bertz CT molecular complexity index is 448. The molecular weight excluding hydrogens is 160 g/mol. The molecule has 64 valence electrons. The number of benzene rings is 1. The molecule has 1 aromatic heterocycles. The van der Waals surface area contributed by atoms with Gasteiger partial charge in [-0.3, -0.25) is 0 Å². The Kier molecular flexibility index (Phi) is 1.93. The Morgan fingerprint density at radius 1 is 1.38 bits per heavy atom. The zero-order valence-corrected chi connectivity index (χ0v) is 7.17. The zero-order chi connectivity index (χ0) is 9.10. The number of aromatic nitrogens is 1. The second kappa shape index (κ2) is 3.24. The maximum absolute atomic E-state index is 5.15. The Hall–Kier alpha value is -1.88. The molecule has 2 aromatic rings. The molecule has 0 saturated heterocycles. The van der Waals surface area contributed by atoms with Crippen LogP contribution in [0.2, 0.25) is 0 Å². The highest BCUT2D eigenvalue weighted by atomic mass is 14.9. The van der Waals surface area contributed by atoms with E-state index < -0.39 is 0 Å². The lowest BCUT2D eigenvalue weighted by Crippen LogP contribution is -1.97. The van der Waals surface area contributed by atoms with E-state index in [0.717, 1.165) is 11.2 Å². The normalized spacial score (nSPS) is 9.77. The van der Waals surface area contributed by atoms with Crippen molar-refractivity contribution in [3.05, 3.63) is 30.5 Å². The van der Waals surface area contributed by atoms with Crippen LogP contribution in [0.5, 0.6) is 0 Å². The first kappa shape index (κ1) is 7.75. The first-order chi connectivity index (χ1) is 6.40. The van der Waals surface area contributed by atoms with E-state index in [2.05, 4.69) is 22.3 Å². The average Bonchev–Trinajstić information content (AvgIpc) is 2.61. The molecule has 1 heterocycles. The molecule has 2 nitrogen and oxygen atoms in total. The number of aromatic amines is 1. The summed E-state index contributed by atoms with van der Waals surface area (Å²) in [6.07, 6.45) is 7.08. The summed E-state index contributed by atoms with van der Waals surface area (Å²) in [5.41, 5.74) is 2.20. The molecule has 0 atom stereocenters. The Morgan fingerprint density at radius 3 is 3.15 bits per heavy atom. The fraction of sp³-hybridized carbons (Fsp3) is 0.0909. The van der Waals surface area contributed by atoms with Gasteiger partial charge in [-0.1, -0.05) is 5.92 Å². The van der Waals surface area contributed by atoms with Gasteiger partial charge in [-0.15, -0.1) is 6.42 Å². The van der Waals surface area contributed by atoms with Gasteiger partial charge in [0, 0.05) is 22.8 Å². The van der Waals surface area contributed by atoms with Crippen molar-refractivity contribution in [1.29, 1.82) is 0 Å². The molecule has 2 rings (SSSR count). The monoisotopic (exact) mass is 170 g/mol. The summed E-state index contributed by atoms with van der Waals surface area (Å²) in [5.74, 6) is 2.54. The SMILES string of the molecule is C#CCNc1ccc2[nH]ccc2c1. The summed E-state index contributed by atoms with van der Waals surface area (Å²) in [6.45, 7) is 0.565. The highest BCUT2D eigenvalue weighted by molar-refractivity contribution is 5.82. The molecule has 2 N–H and O–H groups in total. The highest BCUT2D eigenvalue weighted by Gasteiger charge is 1.94. The van der Waals surface area contributed by atoms with Gasteiger partial charge < -0.3 is 10.3 Å². The fourth-order valence-electron chi connectivity index (χ4n) is 1.32. The number of H-pyrrole nitrogens is 1. The van der Waals surface area contributed by atoms with Gasteiger partial charge in [0.2, 0.25) is 0 Å². The van der Waals surface area contributed by atoms with Crippen LogP contribution in [0.4, 0.5) is 5.69 Å². The molecule has 0 amide bonds. The Labute approximate surface area is 77.0 Å². The van der Waals surface area contributed by atoms with Gasteiger partial charge in [-0.2, -0.15) is 0 Å². The molecule has 0 unspecified atom stereocenters. The first-order valence-electron chi connectivity index (χ1n) is 4.14. The van der Waals surface area contributed by atoms with E-state index in [1.54, 1.807) is 0 Å². The quantitative estimate of drug-likeness (QED) is 0.664. The number of hydrogen-bond acceptors (Lipinski definition) is 1. The number of anilines is 1. The summed E-state index contributed by atoms with van der Waals surface area (Å²) in [4.78, 5) is 3.13. The molecule has 0 bridgehead atoms. The average molecular weight is 170 g/mol. The minimum atomic E-state index is 0.565. The molecule has 0 aliphatic carbocycles. The van der Waals surface area contributed by atoms with Gasteiger partial charge in [-0.05, 0) is 24.3 Å². The van der Waals surface area contributed by atoms with Crippen LogP contribution in [0, 0.1) is 12.3 Å². The smallest absolute Gasteiger partial charge is 0.0763 e. The number of fused-ring (bicyclic) bond motifs is 1. The van der Waals surface area contributed by atoms with E-state index >= 15 is 0 Å². The van der Waals surface area contributed by atoms with Crippen LogP contribution in [0.3, 0.4) is 0 Å². The van der Waals surface area contributed by atoms with Gasteiger partial charge in [0.15, 0.2) is 0 Å². The van der Waals surface area contributed by atoms with E-state index in [9.17, 15) is 0 Å². The van der Waals surface area contributed by atoms with Crippen molar-refractivity contribution >= 4 is 16.6 Å². The van der Waals surface area contributed by atoms with Crippen LogP contribution >= 0.6 is 0 Å². The van der Waals surface area contributed by atoms with E-state index in [-0.39, 0.29) is 0 Å². The highest BCUT2D eigenvalue weighted by Crippen LogP contribution is 2.17. The maximum Gasteiger partial charge on any atom is 0.0763 e. The largest absolute Gasteiger partial charge is 0.374 e. The van der Waals surface area contributed by atoms with Crippen molar-refractivity contribution in [3.63, 3.8) is 0 Å². The van der Waals surface area contributed by atoms with E-state index in [1.807, 2.05) is 24.4 Å². The van der Waals surface area contributed by atoms with Gasteiger partial charge in [0.1, 0.15) is 0 Å². The van der Waals surface area contributed by atoms with Crippen LogP contribution in [0.15, 0.2) is 30.5 Å². The minimum absolute atomic E-state index is 0.565. The van der Waals surface area contributed by atoms with Crippen molar-refractivity contribution in [2.45, 2.75) is 0 Å². The minimum Gasteiger partial charge on any atom is -0.374 e. The summed E-state index contributed by atoms with van der Waals surface area (Å²) in [7, 11) is 0. The van der Waals surface area contributed by atoms with E-state index in [1.165, 1.54) is 5.39 Å². The number of nitrogens with one attached hydrogen (secondary N) is 2. The summed E-state index contributed by atoms with van der Waals surface area (Å²) >= 11 is 0. The Balaban J connectivity index is 2.33. The van der Waals surface area contributed by atoms with Gasteiger partial charge in [0.25, 0.3) is 0 Å². The van der Waals surface area contributed by atoms with Gasteiger partial charge >= 0.3 is 0 Å². The van der Waals surface area contributed by atoms with Crippen molar-refractivity contribution in [2.75, 3.05) is 11.9 Å². The van der Waals surface area contributed by atoms with Gasteiger partial charge in [0.05, 0.1) is 6.54 Å². The number of hydrogen-bond donors (Lipinski definition) is 2. The lowest BCUT2D eigenvalue weighted by Gasteiger charge is -2.01. The molecule has 0 saturated carbocycles. The molecule has 2 heteroatoms. The summed E-state index contributed by atoms with van der Waals surface area (Å²) < 4.78 is 0. The molecule has 0 spiro atoms. The molecule has 0 aliphatic heterocycles. The zero-order valence-electron chi connectivity index (χ0n) is 7.17. The van der Waals surface area contributed by atoms with Crippen LogP contribution in [0.1, 0.15) is 0 Å². The topological polar surface area (TPSA) is 27.8 Å². The molecule has 0 radical (unpaired) electrons. The van der Waals surface area contributed by atoms with Crippen LogP contribution < -0.4 is 5.32 Å². The van der Waals surface area contributed by atoms with Crippen molar-refractivity contribution in [3.8, 4) is 12.3 Å². The first-order valence-corrected chi connectivity index (χ1v) is 4.14. The molecule has 0 fully saturated rings. The molecule has 13 heavy (non-hydrogen) atoms. The summed E-state index contributed by atoms with van der Waals surface area (Å²) in [5, 5.41) is 4.32. The third-order valence-corrected chi connectivity index (χ3v) is 1.95. The number of rotatable bonds is 2. The Morgan fingerprint density at radius 2 is 2.31 bits per heavy atom. The predicted octanol–water partition coefficient (Wildman–Crippen LogP) is 2.21. The summed E-state index contributed by atoms with van der Waals surface area (Å²) in [6, 6.07) is 8.16. The lowest BCUT2D eigenvalue weighted by atomic mass is 10.2. The third-order valence-electron chi connectivity index (χ3n) is 1.95. The fourth-order valence-corrected chi connectivity index (χ4v) is 1.32. The standard InChI is InChI=1S/C11H10N2/c1-2-6-12-10-3-4-11-9(8-10)5-7-13-11/h1,3-5,7-8,12-13H,6H2. The molecular formula is C11H10N2. The van der Waals surface area contributed by atoms with Crippen LogP contribution in [0.25, 0.3) is 10.9 Å². The van der Waals surface area contributed by atoms with Crippen molar-refractivity contribution in [1.82, 2.24) is 4.98 Å². The van der Waals surface area contributed by atoms with E-state index in [4.69, 9.17) is 6.42 Å². The van der Waals surface area contributed by atoms with Crippen LogP contribution in [-0.4, -0.2) is 11.5 Å². The maximum atomic E-state index is 5.15. The van der Waals surface area contributed by atoms with E-state index in [0.29, 0.717) is 6.54 Å². The van der Waals surface area contributed by atoms with Crippen molar-refractivity contribution < 1.29 is 0 Å². The van der Waals surface area contributed by atoms with Crippen molar-refractivity contribution in [2.24, 2.45) is 0 Å². The second-order valence-electron chi connectivity index (χ2n) is 2.84.